The molecule has 1 saturated heterocycles. The summed E-state index contributed by atoms with van der Waals surface area (Å²) in [5, 5.41) is 6.43. The molecule has 0 aliphatic carbocycles. The van der Waals surface area contributed by atoms with E-state index >= 15 is 0 Å². The number of benzene rings is 1. The summed E-state index contributed by atoms with van der Waals surface area (Å²) in [6, 6.07) is 7.98. The number of esters is 1. The second kappa shape index (κ2) is 13.4. The predicted molar refractivity (Wildman–Crippen MR) is 122 cm³/mol. The molecule has 1 heterocycles. The molecule has 1 aliphatic heterocycles. The van der Waals surface area contributed by atoms with Crippen LogP contribution >= 0.6 is 24.0 Å². The number of aliphatic imine (C=N–C) groups is 1. The molecule has 8 heteroatoms. The van der Waals surface area contributed by atoms with Crippen molar-refractivity contribution in [2.45, 2.75) is 46.1 Å². The topological polar surface area (TPSA) is 83.0 Å². The number of nitrogens with one attached hydrogen (secondary N) is 2. The molecule has 7 nitrogen and oxygen atoms in total. The standard InChI is InChI=1S/C20H30N4O3.HI/c1-3-21-20(22-13-5-8-19(26)27-4-2)23-15-16-9-11-17(12-10-16)24-14-6-7-18(24)25;/h9-12H,3-8,13-15H2,1-2H3,(H2,21,22,23);1H. The van der Waals surface area contributed by atoms with Crippen molar-refractivity contribution >= 4 is 47.5 Å². The van der Waals surface area contributed by atoms with Crippen LogP contribution in [0, 0.1) is 0 Å². The van der Waals surface area contributed by atoms with Gasteiger partial charge in [0.05, 0.1) is 13.2 Å². The summed E-state index contributed by atoms with van der Waals surface area (Å²) in [6.45, 7) is 7.00. The number of rotatable bonds is 9. The summed E-state index contributed by atoms with van der Waals surface area (Å²) < 4.78 is 4.92. The van der Waals surface area contributed by atoms with Crippen LogP contribution in [0.4, 0.5) is 5.69 Å². The Morgan fingerprint density at radius 3 is 2.57 bits per heavy atom. The van der Waals surface area contributed by atoms with Gasteiger partial charge in [-0.2, -0.15) is 0 Å². The number of carbonyl (C=O) groups is 2. The lowest BCUT2D eigenvalue weighted by Crippen LogP contribution is -2.37. The van der Waals surface area contributed by atoms with Gasteiger partial charge in [0.25, 0.3) is 0 Å². The summed E-state index contributed by atoms with van der Waals surface area (Å²) in [5.74, 6) is 0.750. The third-order valence-corrected chi connectivity index (χ3v) is 4.24. The molecule has 0 unspecified atom stereocenters. The number of anilines is 1. The summed E-state index contributed by atoms with van der Waals surface area (Å²) in [4.78, 5) is 29.6. The van der Waals surface area contributed by atoms with Crippen LogP contribution in [0.3, 0.4) is 0 Å². The Bertz CT molecular complexity index is 649. The summed E-state index contributed by atoms with van der Waals surface area (Å²) in [5.41, 5.74) is 2.03. The fourth-order valence-electron chi connectivity index (χ4n) is 2.89. The number of carbonyl (C=O) groups excluding carboxylic acids is 2. The highest BCUT2D eigenvalue weighted by Crippen LogP contribution is 2.21. The quantitative estimate of drug-likeness (QED) is 0.179. The highest BCUT2D eigenvalue weighted by molar-refractivity contribution is 14.0. The lowest BCUT2D eigenvalue weighted by Gasteiger charge is -2.16. The highest BCUT2D eigenvalue weighted by atomic mass is 127. The van der Waals surface area contributed by atoms with Gasteiger partial charge in [-0.15, -0.1) is 24.0 Å². The van der Waals surface area contributed by atoms with Gasteiger partial charge in [0.2, 0.25) is 5.91 Å². The fraction of sp³-hybridized carbons (Fsp3) is 0.550. The molecule has 1 aliphatic rings. The average molecular weight is 502 g/mol. The summed E-state index contributed by atoms with van der Waals surface area (Å²) in [7, 11) is 0. The lowest BCUT2D eigenvalue weighted by molar-refractivity contribution is -0.143. The van der Waals surface area contributed by atoms with Crippen LogP contribution in [0.25, 0.3) is 0 Å². The van der Waals surface area contributed by atoms with Gasteiger partial charge in [0.1, 0.15) is 0 Å². The molecule has 0 atom stereocenters. The van der Waals surface area contributed by atoms with Crippen LogP contribution in [-0.2, 0) is 20.9 Å². The van der Waals surface area contributed by atoms with Gasteiger partial charge < -0.3 is 20.3 Å². The molecule has 2 rings (SSSR count). The van der Waals surface area contributed by atoms with Crippen molar-refractivity contribution in [3.63, 3.8) is 0 Å². The molecule has 156 valence electrons. The molecule has 0 spiro atoms. The maximum atomic E-state index is 11.8. The molecule has 0 bridgehead atoms. The number of nitrogens with zero attached hydrogens (tertiary/aromatic N) is 2. The number of halogens is 1. The smallest absolute Gasteiger partial charge is 0.305 e. The molecule has 0 saturated carbocycles. The van der Waals surface area contributed by atoms with E-state index in [9.17, 15) is 9.59 Å². The average Bonchev–Trinajstić information content (AvgIpc) is 3.09. The van der Waals surface area contributed by atoms with Gasteiger partial charge in [-0.1, -0.05) is 12.1 Å². The van der Waals surface area contributed by atoms with Crippen molar-refractivity contribution < 1.29 is 14.3 Å². The zero-order valence-electron chi connectivity index (χ0n) is 16.7. The van der Waals surface area contributed by atoms with E-state index in [1.54, 1.807) is 0 Å². The van der Waals surface area contributed by atoms with E-state index < -0.39 is 0 Å². The van der Waals surface area contributed by atoms with E-state index in [0.29, 0.717) is 39.0 Å². The first kappa shape index (κ1) is 24.2. The molecule has 2 N–H and O–H groups in total. The van der Waals surface area contributed by atoms with Crippen molar-refractivity contribution in [2.75, 3.05) is 31.1 Å². The Hall–Kier alpha value is -1.84. The molecule has 1 aromatic rings. The van der Waals surface area contributed by atoms with E-state index in [1.165, 1.54) is 0 Å². The number of guanidine groups is 1. The Labute approximate surface area is 184 Å². The van der Waals surface area contributed by atoms with Crippen molar-refractivity contribution in [1.82, 2.24) is 10.6 Å². The molecule has 0 aromatic heterocycles. The van der Waals surface area contributed by atoms with Crippen molar-refractivity contribution in [2.24, 2.45) is 4.99 Å². The minimum absolute atomic E-state index is 0. The zero-order chi connectivity index (χ0) is 19.5. The Kier molecular flexibility index (Phi) is 11.5. The second-order valence-electron chi connectivity index (χ2n) is 6.35. The number of ether oxygens (including phenoxy) is 1. The molecular weight excluding hydrogens is 471 g/mol. The van der Waals surface area contributed by atoms with Crippen LogP contribution in [-0.4, -0.2) is 44.1 Å². The van der Waals surface area contributed by atoms with E-state index in [2.05, 4.69) is 15.6 Å². The van der Waals surface area contributed by atoms with Gasteiger partial charge in [0.15, 0.2) is 5.96 Å². The maximum absolute atomic E-state index is 11.8. The molecule has 1 amide bonds. The van der Waals surface area contributed by atoms with E-state index in [1.807, 2.05) is 43.0 Å². The second-order valence-corrected chi connectivity index (χ2v) is 6.35. The minimum atomic E-state index is -0.169. The molecular formula is C20H31IN4O3. The van der Waals surface area contributed by atoms with Crippen LogP contribution in [0.5, 0.6) is 0 Å². The first-order valence-electron chi connectivity index (χ1n) is 9.71. The maximum Gasteiger partial charge on any atom is 0.305 e. The third kappa shape index (κ3) is 8.04. The molecule has 1 fully saturated rings. The molecule has 28 heavy (non-hydrogen) atoms. The normalized spacial score (nSPS) is 13.9. The zero-order valence-corrected chi connectivity index (χ0v) is 19.0. The SMILES string of the molecule is CCNC(=NCc1ccc(N2CCCC2=O)cc1)NCCCC(=O)OCC.I. The first-order chi connectivity index (χ1) is 13.1. The number of hydrogen-bond donors (Lipinski definition) is 2. The van der Waals surface area contributed by atoms with Crippen molar-refractivity contribution in [3.05, 3.63) is 29.8 Å². The Balaban J connectivity index is 0.00000392. The lowest BCUT2D eigenvalue weighted by atomic mass is 10.2. The monoisotopic (exact) mass is 502 g/mol. The Morgan fingerprint density at radius 1 is 1.21 bits per heavy atom. The van der Waals surface area contributed by atoms with Gasteiger partial charge in [-0.3, -0.25) is 9.59 Å². The molecule has 1 aromatic carbocycles. The van der Waals surface area contributed by atoms with Crippen molar-refractivity contribution in [1.29, 1.82) is 0 Å². The Morgan fingerprint density at radius 2 is 1.96 bits per heavy atom. The van der Waals surface area contributed by atoms with Crippen molar-refractivity contribution in [3.8, 4) is 0 Å². The largest absolute Gasteiger partial charge is 0.466 e. The van der Waals surface area contributed by atoms with Crippen LogP contribution in [0.2, 0.25) is 0 Å². The van der Waals surface area contributed by atoms with E-state index in [4.69, 9.17) is 4.74 Å². The molecule has 0 radical (unpaired) electrons. The fourth-order valence-corrected chi connectivity index (χ4v) is 2.89. The third-order valence-electron chi connectivity index (χ3n) is 4.24. The van der Waals surface area contributed by atoms with Gasteiger partial charge >= 0.3 is 5.97 Å². The minimum Gasteiger partial charge on any atom is -0.466 e. The first-order valence-corrected chi connectivity index (χ1v) is 9.71. The van der Waals surface area contributed by atoms with Gasteiger partial charge in [-0.05, 0) is 44.4 Å². The van der Waals surface area contributed by atoms with Crippen LogP contribution in [0.15, 0.2) is 29.3 Å². The van der Waals surface area contributed by atoms with E-state index in [0.717, 1.165) is 36.7 Å². The van der Waals surface area contributed by atoms with Gasteiger partial charge in [-0.25, -0.2) is 4.99 Å². The number of amides is 1. The van der Waals surface area contributed by atoms with Crippen LogP contribution < -0.4 is 15.5 Å². The summed E-state index contributed by atoms with van der Waals surface area (Å²) in [6.07, 6.45) is 2.66. The van der Waals surface area contributed by atoms with Crippen LogP contribution in [0.1, 0.15) is 45.1 Å². The highest BCUT2D eigenvalue weighted by Gasteiger charge is 2.21. The van der Waals surface area contributed by atoms with Gasteiger partial charge in [0, 0.05) is 38.2 Å². The summed E-state index contributed by atoms with van der Waals surface area (Å²) >= 11 is 0. The van der Waals surface area contributed by atoms with E-state index in [-0.39, 0.29) is 35.9 Å². The number of hydrogen-bond acceptors (Lipinski definition) is 4. The predicted octanol–water partition coefficient (Wildman–Crippen LogP) is 2.83.